The van der Waals surface area contributed by atoms with E-state index in [4.69, 9.17) is 0 Å². The Labute approximate surface area is 115 Å². The zero-order valence-corrected chi connectivity index (χ0v) is 11.1. The summed E-state index contributed by atoms with van der Waals surface area (Å²) in [6.45, 7) is 3.31. The molecule has 0 spiro atoms. The quantitative estimate of drug-likeness (QED) is 0.930. The Hall–Kier alpha value is -2.50. The van der Waals surface area contributed by atoms with Gasteiger partial charge in [0.1, 0.15) is 11.9 Å². The minimum Gasteiger partial charge on any atom is -0.324 e. The molecular formula is C14H14FN3O2. The van der Waals surface area contributed by atoms with Crippen molar-refractivity contribution in [2.75, 3.05) is 5.32 Å². The predicted molar refractivity (Wildman–Crippen MR) is 73.0 cm³/mol. The summed E-state index contributed by atoms with van der Waals surface area (Å²) in [6, 6.07) is 7.59. The van der Waals surface area contributed by atoms with E-state index in [1.54, 1.807) is 19.9 Å². The van der Waals surface area contributed by atoms with E-state index in [2.05, 4.69) is 10.4 Å². The molecule has 1 amide bonds. The number of anilines is 1. The molecule has 0 bridgehead atoms. The molecule has 5 nitrogen and oxygen atoms in total. The summed E-state index contributed by atoms with van der Waals surface area (Å²) in [5.74, 6) is -0.774. The second-order valence-electron chi connectivity index (χ2n) is 4.43. The number of aromatic nitrogens is 2. The summed E-state index contributed by atoms with van der Waals surface area (Å²) in [5, 5.41) is 6.64. The summed E-state index contributed by atoms with van der Waals surface area (Å²) < 4.78 is 13.9. The lowest BCUT2D eigenvalue weighted by Gasteiger charge is -2.14. The topological polar surface area (TPSA) is 64.0 Å². The third-order valence-electron chi connectivity index (χ3n) is 2.82. The molecule has 1 heterocycles. The summed E-state index contributed by atoms with van der Waals surface area (Å²) in [4.78, 5) is 23.7. The Morgan fingerprint density at radius 3 is 2.55 bits per heavy atom. The van der Waals surface area contributed by atoms with Crippen LogP contribution in [0.2, 0.25) is 0 Å². The van der Waals surface area contributed by atoms with Gasteiger partial charge >= 0.3 is 0 Å². The van der Waals surface area contributed by atoms with E-state index in [9.17, 15) is 14.0 Å². The molecule has 0 aliphatic carbocycles. The lowest BCUT2D eigenvalue weighted by molar-refractivity contribution is -0.119. The molecule has 0 saturated heterocycles. The van der Waals surface area contributed by atoms with Gasteiger partial charge in [-0.15, -0.1) is 0 Å². The first-order valence-electron chi connectivity index (χ1n) is 6.10. The zero-order valence-electron chi connectivity index (χ0n) is 11.1. The lowest BCUT2D eigenvalue weighted by Crippen LogP contribution is -2.33. The van der Waals surface area contributed by atoms with Crippen molar-refractivity contribution < 1.29 is 9.18 Å². The SMILES string of the molecule is Cc1ccc(=O)n([C@@H](C)C(=O)Nc2ccc(F)cc2)n1. The molecule has 1 atom stereocenters. The molecule has 0 aliphatic heterocycles. The van der Waals surface area contributed by atoms with Crippen molar-refractivity contribution in [1.29, 1.82) is 0 Å². The van der Waals surface area contributed by atoms with Gasteiger partial charge in [0.15, 0.2) is 0 Å². The fraction of sp³-hybridized carbons (Fsp3) is 0.214. The highest BCUT2D eigenvalue weighted by Crippen LogP contribution is 2.11. The van der Waals surface area contributed by atoms with Crippen molar-refractivity contribution >= 4 is 11.6 Å². The van der Waals surface area contributed by atoms with Gasteiger partial charge in [0, 0.05) is 11.8 Å². The molecular weight excluding hydrogens is 261 g/mol. The number of benzene rings is 1. The van der Waals surface area contributed by atoms with Crippen molar-refractivity contribution in [3.63, 3.8) is 0 Å². The second kappa shape index (κ2) is 5.64. The highest BCUT2D eigenvalue weighted by Gasteiger charge is 2.17. The molecule has 104 valence electrons. The van der Waals surface area contributed by atoms with Gasteiger partial charge in [0.25, 0.3) is 5.56 Å². The number of amides is 1. The van der Waals surface area contributed by atoms with Crippen LogP contribution in [0.5, 0.6) is 0 Å². The molecule has 1 aromatic heterocycles. The van der Waals surface area contributed by atoms with Crippen molar-refractivity contribution in [2.45, 2.75) is 19.9 Å². The highest BCUT2D eigenvalue weighted by atomic mass is 19.1. The fourth-order valence-electron chi connectivity index (χ4n) is 1.69. The van der Waals surface area contributed by atoms with Crippen LogP contribution in [0.1, 0.15) is 18.7 Å². The predicted octanol–water partition coefficient (Wildman–Crippen LogP) is 1.89. The van der Waals surface area contributed by atoms with Crippen molar-refractivity contribution in [3.05, 3.63) is 58.3 Å². The third-order valence-corrected chi connectivity index (χ3v) is 2.82. The van der Waals surface area contributed by atoms with Crippen LogP contribution in [0.15, 0.2) is 41.2 Å². The molecule has 1 N–H and O–H groups in total. The maximum Gasteiger partial charge on any atom is 0.267 e. The van der Waals surface area contributed by atoms with E-state index < -0.39 is 11.9 Å². The van der Waals surface area contributed by atoms with Gasteiger partial charge in [0.05, 0.1) is 5.69 Å². The first kappa shape index (κ1) is 13.9. The molecule has 6 heteroatoms. The molecule has 0 fully saturated rings. The van der Waals surface area contributed by atoms with Crippen molar-refractivity contribution in [3.8, 4) is 0 Å². The zero-order chi connectivity index (χ0) is 14.7. The van der Waals surface area contributed by atoms with Crippen LogP contribution in [0.25, 0.3) is 0 Å². The van der Waals surface area contributed by atoms with E-state index in [-0.39, 0.29) is 11.4 Å². The number of hydrogen-bond donors (Lipinski definition) is 1. The highest BCUT2D eigenvalue weighted by molar-refractivity contribution is 5.93. The maximum absolute atomic E-state index is 12.8. The second-order valence-corrected chi connectivity index (χ2v) is 4.43. The summed E-state index contributed by atoms with van der Waals surface area (Å²) in [7, 11) is 0. The number of halogens is 1. The number of nitrogens with one attached hydrogen (secondary N) is 1. The van der Waals surface area contributed by atoms with Crippen LogP contribution in [0.3, 0.4) is 0 Å². The van der Waals surface area contributed by atoms with Gasteiger partial charge in [-0.1, -0.05) is 0 Å². The standard InChI is InChI=1S/C14H14FN3O2/c1-9-3-8-13(19)18(17-9)10(2)14(20)16-12-6-4-11(15)5-7-12/h3-8,10H,1-2H3,(H,16,20)/t10-/m0/s1. The Morgan fingerprint density at radius 2 is 1.90 bits per heavy atom. The Kier molecular flexibility index (Phi) is 3.93. The summed E-state index contributed by atoms with van der Waals surface area (Å²) in [6.07, 6.45) is 0. The molecule has 20 heavy (non-hydrogen) atoms. The van der Waals surface area contributed by atoms with Crippen LogP contribution in [0.4, 0.5) is 10.1 Å². The largest absolute Gasteiger partial charge is 0.324 e. The maximum atomic E-state index is 12.8. The average Bonchev–Trinajstić information content (AvgIpc) is 2.43. The van der Waals surface area contributed by atoms with Gasteiger partial charge in [-0.3, -0.25) is 9.59 Å². The smallest absolute Gasteiger partial charge is 0.267 e. The number of hydrogen-bond acceptors (Lipinski definition) is 3. The van der Waals surface area contributed by atoms with Crippen molar-refractivity contribution in [2.24, 2.45) is 0 Å². The molecule has 0 aliphatic rings. The molecule has 0 unspecified atom stereocenters. The van der Waals surface area contributed by atoms with E-state index >= 15 is 0 Å². The first-order chi connectivity index (χ1) is 9.47. The minimum absolute atomic E-state index is 0.350. The Bertz CT molecular complexity index is 680. The fourth-order valence-corrected chi connectivity index (χ4v) is 1.69. The monoisotopic (exact) mass is 275 g/mol. The number of nitrogens with zero attached hydrogens (tertiary/aromatic N) is 2. The van der Waals surface area contributed by atoms with Crippen LogP contribution in [0, 0.1) is 12.7 Å². The molecule has 1 aromatic carbocycles. The van der Waals surface area contributed by atoms with Gasteiger partial charge in [-0.05, 0) is 44.2 Å². The van der Waals surface area contributed by atoms with E-state index in [1.165, 1.54) is 30.3 Å². The molecule has 2 rings (SSSR count). The number of rotatable bonds is 3. The van der Waals surface area contributed by atoms with Crippen molar-refractivity contribution in [1.82, 2.24) is 9.78 Å². The summed E-state index contributed by atoms with van der Waals surface area (Å²) >= 11 is 0. The Balaban J connectivity index is 2.18. The van der Waals surface area contributed by atoms with Gasteiger partial charge < -0.3 is 5.32 Å². The number of aryl methyl sites for hydroxylation is 1. The molecule has 2 aromatic rings. The van der Waals surface area contributed by atoms with E-state index in [1.807, 2.05) is 0 Å². The normalized spacial score (nSPS) is 11.9. The minimum atomic E-state index is -0.757. The average molecular weight is 275 g/mol. The van der Waals surface area contributed by atoms with Gasteiger partial charge in [-0.2, -0.15) is 5.10 Å². The van der Waals surface area contributed by atoms with Crippen LogP contribution in [-0.2, 0) is 4.79 Å². The Morgan fingerprint density at radius 1 is 1.25 bits per heavy atom. The lowest BCUT2D eigenvalue weighted by atomic mass is 10.2. The third kappa shape index (κ3) is 3.09. The van der Waals surface area contributed by atoms with Crippen LogP contribution < -0.4 is 10.9 Å². The number of carbonyl (C=O) groups is 1. The van der Waals surface area contributed by atoms with Crippen LogP contribution >= 0.6 is 0 Å². The number of carbonyl (C=O) groups excluding carboxylic acids is 1. The van der Waals surface area contributed by atoms with E-state index in [0.717, 1.165) is 4.68 Å². The molecule has 0 saturated carbocycles. The van der Waals surface area contributed by atoms with E-state index in [0.29, 0.717) is 11.4 Å². The van der Waals surface area contributed by atoms with Gasteiger partial charge in [-0.25, -0.2) is 9.07 Å². The summed E-state index contributed by atoms with van der Waals surface area (Å²) in [5.41, 5.74) is 0.757. The van der Waals surface area contributed by atoms with Gasteiger partial charge in [0.2, 0.25) is 5.91 Å². The first-order valence-corrected chi connectivity index (χ1v) is 6.10. The van der Waals surface area contributed by atoms with Crippen LogP contribution in [-0.4, -0.2) is 15.7 Å². The molecule has 0 radical (unpaired) electrons.